The molecule has 0 radical (unpaired) electrons. The van der Waals surface area contributed by atoms with E-state index >= 15 is 0 Å². The van der Waals surface area contributed by atoms with E-state index in [-0.39, 0.29) is 5.82 Å². The van der Waals surface area contributed by atoms with Gasteiger partial charge in [0.2, 0.25) is 0 Å². The fourth-order valence-corrected chi connectivity index (χ4v) is 4.45. The maximum atomic E-state index is 13.5. The van der Waals surface area contributed by atoms with Crippen LogP contribution >= 0.6 is 0 Å². The van der Waals surface area contributed by atoms with Gasteiger partial charge < -0.3 is 9.30 Å². The number of aromatic nitrogens is 5. The molecule has 5 rings (SSSR count). The van der Waals surface area contributed by atoms with Gasteiger partial charge in [0.25, 0.3) is 0 Å². The van der Waals surface area contributed by atoms with E-state index in [9.17, 15) is 9.92 Å². The minimum atomic E-state index is -1.03. The molecule has 0 bridgehead atoms. The number of aryl methyl sites for hydroxylation is 2. The van der Waals surface area contributed by atoms with Gasteiger partial charge in [0.1, 0.15) is 22.9 Å². The summed E-state index contributed by atoms with van der Waals surface area (Å²) in [7, 11) is 1.63. The van der Waals surface area contributed by atoms with Crippen LogP contribution in [-0.2, 0) is 12.1 Å². The summed E-state index contributed by atoms with van der Waals surface area (Å²) in [6.45, 7) is 2.59. The number of hydrogen-bond acceptors (Lipinski definition) is 5. The molecular formula is C25H23FN8O. The van der Waals surface area contributed by atoms with Crippen molar-refractivity contribution in [3.63, 3.8) is 0 Å². The highest BCUT2D eigenvalue weighted by Crippen LogP contribution is 2.40. The predicted octanol–water partition coefficient (Wildman–Crippen LogP) is 5.44. The lowest BCUT2D eigenvalue weighted by molar-refractivity contribution is 0.342. The first-order valence-corrected chi connectivity index (χ1v) is 11.2. The van der Waals surface area contributed by atoms with Crippen molar-refractivity contribution in [2.75, 3.05) is 7.11 Å². The maximum absolute atomic E-state index is 13.5. The van der Waals surface area contributed by atoms with Crippen LogP contribution in [0.1, 0.15) is 41.3 Å². The third-order valence-electron chi connectivity index (χ3n) is 6.12. The van der Waals surface area contributed by atoms with Crippen LogP contribution in [0.4, 0.5) is 4.39 Å². The van der Waals surface area contributed by atoms with Gasteiger partial charge in [-0.1, -0.05) is 29.4 Å². The second-order valence-electron chi connectivity index (χ2n) is 8.36. The summed E-state index contributed by atoms with van der Waals surface area (Å²) in [6, 6.07) is 11.9. The Labute approximate surface area is 201 Å². The van der Waals surface area contributed by atoms with Crippen LogP contribution in [-0.4, -0.2) is 31.4 Å². The van der Waals surface area contributed by atoms with Crippen molar-refractivity contribution < 1.29 is 9.13 Å². The molecule has 2 aromatic heterocycles. The van der Waals surface area contributed by atoms with E-state index < -0.39 is 5.54 Å². The van der Waals surface area contributed by atoms with Crippen molar-refractivity contribution in [3.8, 4) is 11.4 Å². The molecule has 0 aliphatic carbocycles. The van der Waals surface area contributed by atoms with Crippen LogP contribution in [0.25, 0.3) is 28.3 Å². The fourth-order valence-electron chi connectivity index (χ4n) is 4.45. The Balaban J connectivity index is 1.48. The van der Waals surface area contributed by atoms with Crippen molar-refractivity contribution in [3.05, 3.63) is 99.7 Å². The Kier molecular flexibility index (Phi) is 5.80. The van der Waals surface area contributed by atoms with Gasteiger partial charge in [0, 0.05) is 17.7 Å². The zero-order valence-electron chi connectivity index (χ0n) is 19.3. The zero-order chi connectivity index (χ0) is 24.4. The van der Waals surface area contributed by atoms with Crippen molar-refractivity contribution in [2.45, 2.75) is 31.8 Å². The normalized spacial score (nSPS) is 17.2. The van der Waals surface area contributed by atoms with Crippen LogP contribution in [0.15, 0.2) is 60.1 Å². The topological polar surface area (TPSA) is 107 Å². The van der Waals surface area contributed by atoms with Crippen molar-refractivity contribution in [2.24, 2.45) is 5.11 Å². The Morgan fingerprint density at radius 1 is 1.20 bits per heavy atom. The van der Waals surface area contributed by atoms with Gasteiger partial charge in [0.05, 0.1) is 24.8 Å². The first kappa shape index (κ1) is 22.4. The molecule has 35 heavy (non-hydrogen) atoms. The average Bonchev–Trinajstić information content (AvgIpc) is 3.50. The standard InChI is InChI=1S/C25H23FN8O/c1-17-15-33(16-28-17)21-10-4-18(14-22(21)35-2)5-11-23-29-24-25(31-32-27,12-3-13-34(24)30-23)19-6-8-20(26)9-7-19/h4-11,14-16H,3,12-13H2,1-2H3/b11-5+. The molecule has 10 heteroatoms. The number of azide groups is 1. The van der Waals surface area contributed by atoms with E-state index in [2.05, 4.69) is 20.1 Å². The molecule has 2 aromatic carbocycles. The molecule has 1 atom stereocenters. The number of hydrogen-bond donors (Lipinski definition) is 0. The van der Waals surface area contributed by atoms with Crippen molar-refractivity contribution >= 4 is 12.2 Å². The molecule has 0 fully saturated rings. The molecule has 1 unspecified atom stereocenters. The monoisotopic (exact) mass is 470 g/mol. The molecule has 4 aromatic rings. The number of methoxy groups -OCH3 is 1. The Morgan fingerprint density at radius 2 is 2.03 bits per heavy atom. The lowest BCUT2D eigenvalue weighted by Gasteiger charge is -2.32. The number of halogens is 1. The quantitative estimate of drug-likeness (QED) is 0.212. The molecule has 0 amide bonds. The smallest absolute Gasteiger partial charge is 0.174 e. The van der Waals surface area contributed by atoms with Crippen molar-refractivity contribution in [1.82, 2.24) is 24.3 Å². The first-order chi connectivity index (χ1) is 17.0. The van der Waals surface area contributed by atoms with Gasteiger partial charge in [-0.2, -0.15) is 5.10 Å². The third kappa shape index (κ3) is 4.15. The largest absolute Gasteiger partial charge is 0.495 e. The molecule has 176 valence electrons. The summed E-state index contributed by atoms with van der Waals surface area (Å²) >= 11 is 0. The van der Waals surface area contributed by atoms with Crippen LogP contribution in [0, 0.1) is 12.7 Å². The van der Waals surface area contributed by atoms with E-state index in [1.807, 2.05) is 48.0 Å². The van der Waals surface area contributed by atoms with Gasteiger partial charge in [-0.3, -0.25) is 0 Å². The highest BCUT2D eigenvalue weighted by molar-refractivity contribution is 5.69. The first-order valence-electron chi connectivity index (χ1n) is 11.2. The number of nitrogens with zero attached hydrogens (tertiary/aromatic N) is 8. The van der Waals surface area contributed by atoms with E-state index in [0.29, 0.717) is 35.9 Å². The van der Waals surface area contributed by atoms with Gasteiger partial charge in [0.15, 0.2) is 5.82 Å². The molecule has 0 saturated carbocycles. The highest BCUT2D eigenvalue weighted by Gasteiger charge is 2.41. The number of rotatable bonds is 6. The molecule has 0 spiro atoms. The summed E-state index contributed by atoms with van der Waals surface area (Å²) in [6.07, 6.45) is 8.72. The maximum Gasteiger partial charge on any atom is 0.174 e. The average molecular weight is 471 g/mol. The minimum absolute atomic E-state index is 0.352. The van der Waals surface area contributed by atoms with Crippen LogP contribution in [0.5, 0.6) is 5.75 Å². The van der Waals surface area contributed by atoms with Crippen LogP contribution in [0.3, 0.4) is 0 Å². The van der Waals surface area contributed by atoms with Gasteiger partial charge in [-0.05, 0) is 66.8 Å². The SMILES string of the molecule is COc1cc(/C=C/c2nc3n(n2)CCCC3(N=[N+]=[N-])c2ccc(F)cc2)ccc1-n1cnc(C)c1. The summed E-state index contributed by atoms with van der Waals surface area (Å²) in [5.41, 5.74) is 11.7. The molecule has 1 aliphatic heterocycles. The molecule has 3 heterocycles. The zero-order valence-corrected chi connectivity index (χ0v) is 19.3. The minimum Gasteiger partial charge on any atom is -0.495 e. The van der Waals surface area contributed by atoms with Gasteiger partial charge >= 0.3 is 0 Å². The Bertz CT molecular complexity index is 1450. The summed E-state index contributed by atoms with van der Waals surface area (Å²) < 4.78 is 22.8. The van der Waals surface area contributed by atoms with Gasteiger partial charge in [-0.25, -0.2) is 19.0 Å². The molecular weight excluding hydrogens is 447 g/mol. The second kappa shape index (κ2) is 9.08. The molecule has 0 saturated heterocycles. The fraction of sp³-hybridized carbons (Fsp3) is 0.240. The van der Waals surface area contributed by atoms with Crippen LogP contribution in [0.2, 0.25) is 0 Å². The number of imidazole rings is 1. The Morgan fingerprint density at radius 3 is 2.74 bits per heavy atom. The van der Waals surface area contributed by atoms with E-state index in [0.717, 1.165) is 23.4 Å². The molecule has 9 nitrogen and oxygen atoms in total. The van der Waals surface area contributed by atoms with E-state index in [1.165, 1.54) is 12.1 Å². The summed E-state index contributed by atoms with van der Waals surface area (Å²) in [5.74, 6) is 1.40. The lowest BCUT2D eigenvalue weighted by atomic mass is 9.83. The third-order valence-corrected chi connectivity index (χ3v) is 6.12. The number of ether oxygens (including phenoxy) is 1. The number of fused-ring (bicyclic) bond motifs is 1. The van der Waals surface area contributed by atoms with E-state index in [1.54, 1.807) is 30.3 Å². The Hall–Kier alpha value is -4.43. The summed E-state index contributed by atoms with van der Waals surface area (Å²) in [5, 5.41) is 8.75. The molecule has 1 aliphatic rings. The lowest BCUT2D eigenvalue weighted by Crippen LogP contribution is -2.33. The number of benzene rings is 2. The van der Waals surface area contributed by atoms with Crippen molar-refractivity contribution in [1.29, 1.82) is 0 Å². The molecule has 0 N–H and O–H groups in total. The predicted molar refractivity (Wildman–Crippen MR) is 129 cm³/mol. The van der Waals surface area contributed by atoms with E-state index in [4.69, 9.17) is 9.72 Å². The van der Waals surface area contributed by atoms with Gasteiger partial charge in [-0.15, -0.1) is 0 Å². The second-order valence-corrected chi connectivity index (χ2v) is 8.36. The summed E-state index contributed by atoms with van der Waals surface area (Å²) in [4.78, 5) is 12.1. The van der Waals surface area contributed by atoms with Crippen LogP contribution < -0.4 is 4.74 Å². The highest BCUT2D eigenvalue weighted by atomic mass is 19.1.